The highest BCUT2D eigenvalue weighted by Gasteiger charge is 2.10. The summed E-state index contributed by atoms with van der Waals surface area (Å²) in [6, 6.07) is 18.0. The molecule has 0 aliphatic heterocycles. The Kier molecular flexibility index (Phi) is 3.39. The van der Waals surface area contributed by atoms with Gasteiger partial charge in [0.25, 0.3) is 0 Å². The van der Waals surface area contributed by atoms with Crippen molar-refractivity contribution in [2.75, 3.05) is 5.32 Å². The smallest absolute Gasteiger partial charge is 0.247 e. The van der Waals surface area contributed by atoms with Gasteiger partial charge in [-0.2, -0.15) is 4.98 Å². The molecule has 3 heterocycles. The van der Waals surface area contributed by atoms with Gasteiger partial charge in [-0.15, -0.1) is 5.10 Å². The first-order valence-electron chi connectivity index (χ1n) is 8.47. The maximum Gasteiger partial charge on any atom is 0.247 e. The van der Waals surface area contributed by atoms with Gasteiger partial charge in [0.05, 0.1) is 23.1 Å². The number of benzene rings is 2. The van der Waals surface area contributed by atoms with E-state index in [2.05, 4.69) is 20.4 Å². The van der Waals surface area contributed by atoms with Gasteiger partial charge in [0, 0.05) is 19.7 Å². The molecule has 27 heavy (non-hydrogen) atoms. The molecule has 6 nitrogen and oxygen atoms in total. The van der Waals surface area contributed by atoms with Gasteiger partial charge in [-0.25, -0.2) is 13.9 Å². The van der Waals surface area contributed by atoms with Crippen LogP contribution >= 0.6 is 0 Å². The molecule has 0 radical (unpaired) electrons. The van der Waals surface area contributed by atoms with E-state index in [0.717, 1.165) is 28.0 Å². The van der Waals surface area contributed by atoms with E-state index in [1.165, 1.54) is 12.1 Å². The number of hydrogen-bond donors (Lipinski definition) is 1. The third-order valence-electron chi connectivity index (χ3n) is 4.46. The van der Waals surface area contributed by atoms with E-state index in [4.69, 9.17) is 0 Å². The van der Waals surface area contributed by atoms with Crippen LogP contribution in [0.3, 0.4) is 0 Å². The Morgan fingerprint density at radius 2 is 1.93 bits per heavy atom. The Bertz CT molecular complexity index is 1290. The molecular formula is C20H17FN6. The Hall–Kier alpha value is -3.74. The molecule has 0 amide bonds. The van der Waals surface area contributed by atoms with Crippen molar-refractivity contribution in [3.8, 4) is 11.3 Å². The fourth-order valence-corrected chi connectivity index (χ4v) is 3.16. The highest BCUT2D eigenvalue weighted by atomic mass is 19.1. The van der Waals surface area contributed by atoms with Gasteiger partial charge < -0.3 is 9.88 Å². The number of nitrogens with zero attached hydrogens (tertiary/aromatic N) is 5. The number of anilines is 2. The van der Waals surface area contributed by atoms with Crippen molar-refractivity contribution in [2.24, 2.45) is 7.05 Å². The van der Waals surface area contributed by atoms with Crippen LogP contribution in [0.4, 0.5) is 16.0 Å². The highest BCUT2D eigenvalue weighted by Crippen LogP contribution is 2.24. The average Bonchev–Trinajstić information content (AvgIpc) is 3.24. The molecule has 0 atom stereocenters. The van der Waals surface area contributed by atoms with Gasteiger partial charge >= 0.3 is 0 Å². The average molecular weight is 360 g/mol. The van der Waals surface area contributed by atoms with Crippen molar-refractivity contribution < 1.29 is 5.82 Å². The molecule has 0 saturated heterocycles. The number of aromatic nitrogens is 5. The summed E-state index contributed by atoms with van der Waals surface area (Å²) < 4.78 is 17.3. The minimum absolute atomic E-state index is 0. The molecular weight excluding hydrogens is 343 g/mol. The van der Waals surface area contributed by atoms with Crippen LogP contribution in [-0.4, -0.2) is 24.1 Å². The van der Waals surface area contributed by atoms with Crippen LogP contribution in [0, 0.1) is 5.82 Å². The number of pyridine rings is 1. The molecule has 1 N–H and O–H groups in total. The fraction of sp³-hybridized carbons (Fsp3) is 0.0500. The zero-order chi connectivity index (χ0) is 18.4. The molecule has 0 bridgehead atoms. The maximum absolute atomic E-state index is 13.6. The number of fused-ring (bicyclic) bond motifs is 2. The summed E-state index contributed by atoms with van der Waals surface area (Å²) in [5.41, 5.74) is 5.02. The third kappa shape index (κ3) is 2.69. The van der Waals surface area contributed by atoms with Crippen LogP contribution in [0.15, 0.2) is 67.0 Å². The van der Waals surface area contributed by atoms with Crippen molar-refractivity contribution in [1.82, 2.24) is 24.1 Å². The zero-order valence-electron chi connectivity index (χ0n) is 14.5. The van der Waals surface area contributed by atoms with E-state index in [0.29, 0.717) is 11.6 Å². The molecule has 7 heteroatoms. The molecule has 5 aromatic rings. The van der Waals surface area contributed by atoms with Crippen molar-refractivity contribution in [3.63, 3.8) is 0 Å². The molecule has 0 unspecified atom stereocenters. The predicted octanol–water partition coefficient (Wildman–Crippen LogP) is 4.41. The van der Waals surface area contributed by atoms with E-state index in [1.807, 2.05) is 54.1 Å². The van der Waals surface area contributed by atoms with Crippen LogP contribution in [0.1, 0.15) is 1.43 Å². The van der Waals surface area contributed by atoms with Crippen LogP contribution in [0.5, 0.6) is 0 Å². The standard InChI is InChI=1S/C20H15FN6.H2/c1-26-12-22-16-9-8-15(11-18(16)26)23-20-24-19-7-3-6-17(27(19)25-20)13-4-2-5-14(21)10-13;/h2-12H,1H3,(H,23,25);1H. The lowest BCUT2D eigenvalue weighted by Crippen LogP contribution is -1.96. The van der Waals surface area contributed by atoms with Crippen LogP contribution in [-0.2, 0) is 7.05 Å². The van der Waals surface area contributed by atoms with Crippen molar-refractivity contribution in [1.29, 1.82) is 0 Å². The van der Waals surface area contributed by atoms with E-state index in [9.17, 15) is 4.39 Å². The molecule has 2 aromatic carbocycles. The summed E-state index contributed by atoms with van der Waals surface area (Å²) in [6.45, 7) is 0. The molecule has 0 aliphatic carbocycles. The third-order valence-corrected chi connectivity index (χ3v) is 4.46. The van der Waals surface area contributed by atoms with Gasteiger partial charge in [-0.1, -0.05) is 18.2 Å². The summed E-state index contributed by atoms with van der Waals surface area (Å²) in [6.07, 6.45) is 1.78. The number of imidazole rings is 1. The lowest BCUT2D eigenvalue weighted by Gasteiger charge is -2.04. The molecule has 0 fully saturated rings. The molecule has 5 rings (SSSR count). The first kappa shape index (κ1) is 15.5. The monoisotopic (exact) mass is 360 g/mol. The first-order chi connectivity index (χ1) is 13.2. The van der Waals surface area contributed by atoms with Crippen molar-refractivity contribution in [2.45, 2.75) is 0 Å². The SMILES string of the molecule is Cn1cnc2ccc(Nc3nc4cccc(-c5cccc(F)c5)n4n3)cc21.[HH]. The van der Waals surface area contributed by atoms with Crippen LogP contribution in [0.2, 0.25) is 0 Å². The summed E-state index contributed by atoms with van der Waals surface area (Å²) in [4.78, 5) is 8.85. The molecule has 0 saturated carbocycles. The largest absolute Gasteiger partial charge is 0.334 e. The predicted molar refractivity (Wildman–Crippen MR) is 104 cm³/mol. The number of halogens is 1. The van der Waals surface area contributed by atoms with E-state index in [-0.39, 0.29) is 7.24 Å². The van der Waals surface area contributed by atoms with Crippen molar-refractivity contribution >= 4 is 28.3 Å². The minimum atomic E-state index is -0.285. The number of rotatable bonds is 3. The summed E-state index contributed by atoms with van der Waals surface area (Å²) in [7, 11) is 1.95. The first-order valence-corrected chi connectivity index (χ1v) is 8.47. The summed E-state index contributed by atoms with van der Waals surface area (Å²) in [5.74, 6) is 0.188. The topological polar surface area (TPSA) is 60.0 Å². The second-order valence-corrected chi connectivity index (χ2v) is 6.31. The van der Waals surface area contributed by atoms with E-state index >= 15 is 0 Å². The van der Waals surface area contributed by atoms with E-state index in [1.54, 1.807) is 16.9 Å². The van der Waals surface area contributed by atoms with Crippen LogP contribution < -0.4 is 5.32 Å². The quantitative estimate of drug-likeness (QED) is 0.518. The molecule has 134 valence electrons. The molecule has 0 aliphatic rings. The van der Waals surface area contributed by atoms with Gasteiger partial charge in [-0.05, 0) is 42.5 Å². The van der Waals surface area contributed by atoms with Gasteiger partial charge in [0.15, 0.2) is 5.65 Å². The molecule has 3 aromatic heterocycles. The lowest BCUT2D eigenvalue weighted by atomic mass is 10.1. The second kappa shape index (κ2) is 5.91. The Morgan fingerprint density at radius 3 is 2.81 bits per heavy atom. The maximum atomic E-state index is 13.6. The van der Waals surface area contributed by atoms with E-state index < -0.39 is 0 Å². The Balaban J connectivity index is 0.00000192. The summed E-state index contributed by atoms with van der Waals surface area (Å²) in [5, 5.41) is 7.79. The number of nitrogens with one attached hydrogen (secondary N) is 1. The van der Waals surface area contributed by atoms with Gasteiger partial charge in [0.2, 0.25) is 5.95 Å². The second-order valence-electron chi connectivity index (χ2n) is 6.31. The Labute approximate surface area is 155 Å². The normalized spacial score (nSPS) is 11.3. The fourth-order valence-electron chi connectivity index (χ4n) is 3.16. The zero-order valence-corrected chi connectivity index (χ0v) is 14.5. The molecule has 0 spiro atoms. The van der Waals surface area contributed by atoms with Crippen LogP contribution in [0.25, 0.3) is 27.9 Å². The Morgan fingerprint density at radius 1 is 1.04 bits per heavy atom. The lowest BCUT2D eigenvalue weighted by molar-refractivity contribution is 0.628. The number of hydrogen-bond acceptors (Lipinski definition) is 4. The van der Waals surface area contributed by atoms with Gasteiger partial charge in [0.1, 0.15) is 5.82 Å². The van der Waals surface area contributed by atoms with Gasteiger partial charge in [-0.3, -0.25) is 0 Å². The number of aryl methyl sites for hydroxylation is 1. The summed E-state index contributed by atoms with van der Waals surface area (Å²) >= 11 is 0. The highest BCUT2D eigenvalue weighted by molar-refractivity contribution is 5.80. The minimum Gasteiger partial charge on any atom is -0.334 e. The van der Waals surface area contributed by atoms with Crippen molar-refractivity contribution in [3.05, 3.63) is 72.8 Å².